The van der Waals surface area contributed by atoms with E-state index in [1.165, 1.54) is 30.3 Å². The molecule has 0 atom stereocenters. The van der Waals surface area contributed by atoms with Gasteiger partial charge >= 0.3 is 0 Å². The van der Waals surface area contributed by atoms with Crippen LogP contribution in [0.25, 0.3) is 0 Å². The van der Waals surface area contributed by atoms with Crippen LogP contribution in [0, 0.1) is 12.7 Å². The Hall–Kier alpha value is -2.90. The highest BCUT2D eigenvalue weighted by molar-refractivity contribution is 7.91. The zero-order chi connectivity index (χ0) is 20.3. The summed E-state index contributed by atoms with van der Waals surface area (Å²) in [6, 6.07) is 16.0. The van der Waals surface area contributed by atoms with Crippen LogP contribution in [-0.2, 0) is 9.84 Å². The van der Waals surface area contributed by atoms with Crippen molar-refractivity contribution >= 4 is 33.0 Å². The van der Waals surface area contributed by atoms with Gasteiger partial charge < -0.3 is 0 Å². The number of rotatable bonds is 5. The second-order valence-corrected chi connectivity index (χ2v) is 8.40. The summed E-state index contributed by atoms with van der Waals surface area (Å²) in [5, 5.41) is -0.0150. The minimum atomic E-state index is -3.62. The number of anilines is 1. The van der Waals surface area contributed by atoms with Crippen LogP contribution in [0.3, 0.4) is 0 Å². The molecule has 0 aliphatic heterocycles. The number of carbonyl (C=O) groups excluding carboxylic acids is 1. The van der Waals surface area contributed by atoms with E-state index in [1.807, 2.05) is 6.92 Å². The molecule has 0 aliphatic carbocycles. The number of benzene rings is 3. The van der Waals surface area contributed by atoms with E-state index < -0.39 is 21.6 Å². The molecule has 5 nitrogen and oxygen atoms in total. The molecule has 0 saturated carbocycles. The monoisotopic (exact) mass is 418 g/mol. The first-order valence-corrected chi connectivity index (χ1v) is 10.1. The number of carbonyl (C=O) groups is 1. The third kappa shape index (κ3) is 4.32. The predicted molar refractivity (Wildman–Crippen MR) is 106 cm³/mol. The van der Waals surface area contributed by atoms with Crippen LogP contribution in [0.2, 0.25) is 5.02 Å². The summed E-state index contributed by atoms with van der Waals surface area (Å²) in [5.41, 5.74) is 6.63. The van der Waals surface area contributed by atoms with Crippen LogP contribution < -0.4 is 10.9 Å². The quantitative estimate of drug-likeness (QED) is 0.603. The number of amides is 1. The fraction of sp³-hybridized carbons (Fsp3) is 0.0500. The van der Waals surface area contributed by atoms with Gasteiger partial charge in [0.1, 0.15) is 5.82 Å². The minimum absolute atomic E-state index is 0.0150. The highest BCUT2D eigenvalue weighted by atomic mass is 35.5. The Morgan fingerprint density at radius 3 is 2.07 bits per heavy atom. The topological polar surface area (TPSA) is 75.3 Å². The lowest BCUT2D eigenvalue weighted by Crippen LogP contribution is -2.29. The molecule has 8 heteroatoms. The number of hydrazine groups is 1. The molecule has 0 fully saturated rings. The van der Waals surface area contributed by atoms with E-state index in [0.29, 0.717) is 5.69 Å². The summed E-state index contributed by atoms with van der Waals surface area (Å²) < 4.78 is 38.3. The van der Waals surface area contributed by atoms with E-state index in [4.69, 9.17) is 11.6 Å². The van der Waals surface area contributed by atoms with Gasteiger partial charge in [-0.2, -0.15) is 0 Å². The van der Waals surface area contributed by atoms with Crippen LogP contribution in [0.15, 0.2) is 76.5 Å². The van der Waals surface area contributed by atoms with Gasteiger partial charge in [0.25, 0.3) is 5.91 Å². The molecular weight excluding hydrogens is 403 g/mol. The van der Waals surface area contributed by atoms with E-state index in [9.17, 15) is 17.6 Å². The molecule has 0 aromatic heterocycles. The number of hydrogen-bond donors (Lipinski definition) is 2. The molecule has 1 amide bonds. The summed E-state index contributed by atoms with van der Waals surface area (Å²) >= 11 is 5.85. The normalized spacial score (nSPS) is 11.1. The Balaban J connectivity index is 1.70. The van der Waals surface area contributed by atoms with Crippen molar-refractivity contribution in [3.63, 3.8) is 0 Å². The SMILES string of the molecule is Cc1ccc(S(=O)(=O)c2ccc(NNC(=O)c3ccc(F)cc3Cl)cc2)cc1. The third-order valence-corrected chi connectivity index (χ3v) is 6.09. The van der Waals surface area contributed by atoms with Gasteiger partial charge in [0.15, 0.2) is 0 Å². The van der Waals surface area contributed by atoms with Gasteiger partial charge in [0.2, 0.25) is 9.84 Å². The van der Waals surface area contributed by atoms with Crippen molar-refractivity contribution in [2.45, 2.75) is 16.7 Å². The molecule has 3 rings (SSSR count). The van der Waals surface area contributed by atoms with Crippen molar-refractivity contribution in [1.82, 2.24) is 5.43 Å². The molecule has 0 spiro atoms. The van der Waals surface area contributed by atoms with Crippen molar-refractivity contribution in [2.24, 2.45) is 0 Å². The molecule has 0 bridgehead atoms. The second kappa shape index (κ2) is 8.00. The van der Waals surface area contributed by atoms with E-state index in [-0.39, 0.29) is 20.4 Å². The fourth-order valence-corrected chi connectivity index (χ4v) is 3.95. The molecule has 0 unspecified atom stereocenters. The average molecular weight is 419 g/mol. The standard InChI is InChI=1S/C20H16ClFN2O3S/c1-13-2-7-16(8-3-13)28(26,27)17-9-5-15(6-10-17)23-24-20(25)18-11-4-14(22)12-19(18)21/h2-12,23H,1H3,(H,24,25). The highest BCUT2D eigenvalue weighted by Crippen LogP contribution is 2.23. The van der Waals surface area contributed by atoms with Gasteiger partial charge in [-0.15, -0.1) is 0 Å². The molecule has 28 heavy (non-hydrogen) atoms. The lowest BCUT2D eigenvalue weighted by Gasteiger charge is -2.11. The molecule has 144 valence electrons. The van der Waals surface area contributed by atoms with Crippen molar-refractivity contribution in [3.05, 3.63) is 88.7 Å². The van der Waals surface area contributed by atoms with Crippen molar-refractivity contribution in [2.75, 3.05) is 5.43 Å². The van der Waals surface area contributed by atoms with E-state index in [0.717, 1.165) is 17.7 Å². The van der Waals surface area contributed by atoms with Crippen LogP contribution >= 0.6 is 11.6 Å². The third-order valence-electron chi connectivity index (χ3n) is 3.99. The van der Waals surface area contributed by atoms with Crippen LogP contribution in [0.1, 0.15) is 15.9 Å². The van der Waals surface area contributed by atoms with E-state index in [1.54, 1.807) is 24.3 Å². The predicted octanol–water partition coefficient (Wildman–Crippen LogP) is 4.38. The fourth-order valence-electron chi connectivity index (χ4n) is 2.44. The summed E-state index contributed by atoms with van der Waals surface area (Å²) in [7, 11) is -3.62. The van der Waals surface area contributed by atoms with Crippen molar-refractivity contribution < 1.29 is 17.6 Å². The maximum atomic E-state index is 13.1. The molecule has 0 heterocycles. The summed E-state index contributed by atoms with van der Waals surface area (Å²) in [4.78, 5) is 12.5. The van der Waals surface area contributed by atoms with Gasteiger partial charge in [0.05, 0.1) is 26.1 Å². The number of halogens is 2. The molecule has 0 saturated heterocycles. The lowest BCUT2D eigenvalue weighted by atomic mass is 10.2. The first-order chi connectivity index (χ1) is 13.3. The minimum Gasteiger partial charge on any atom is -0.298 e. The maximum absolute atomic E-state index is 13.1. The Bertz CT molecular complexity index is 1120. The molecule has 0 aliphatic rings. The number of nitrogens with one attached hydrogen (secondary N) is 2. The first kappa shape index (κ1) is 19.9. The Morgan fingerprint density at radius 2 is 1.50 bits per heavy atom. The average Bonchev–Trinajstić information content (AvgIpc) is 2.67. The Kier molecular flexibility index (Phi) is 5.67. The van der Waals surface area contributed by atoms with Gasteiger partial charge in [-0.1, -0.05) is 29.3 Å². The molecule has 2 N–H and O–H groups in total. The number of hydrogen-bond acceptors (Lipinski definition) is 4. The first-order valence-electron chi connectivity index (χ1n) is 8.20. The molecule has 3 aromatic rings. The zero-order valence-electron chi connectivity index (χ0n) is 14.7. The summed E-state index contributed by atoms with van der Waals surface area (Å²) in [6.45, 7) is 1.88. The van der Waals surface area contributed by atoms with Crippen molar-refractivity contribution in [1.29, 1.82) is 0 Å². The lowest BCUT2D eigenvalue weighted by molar-refractivity contribution is 0.0962. The van der Waals surface area contributed by atoms with E-state index >= 15 is 0 Å². The van der Waals surface area contributed by atoms with Gasteiger partial charge in [-0.25, -0.2) is 12.8 Å². The van der Waals surface area contributed by atoms with E-state index in [2.05, 4.69) is 10.9 Å². The number of sulfone groups is 1. The van der Waals surface area contributed by atoms with Crippen LogP contribution in [0.4, 0.5) is 10.1 Å². The smallest absolute Gasteiger partial charge is 0.271 e. The zero-order valence-corrected chi connectivity index (χ0v) is 16.3. The summed E-state index contributed by atoms with van der Waals surface area (Å²) in [6.07, 6.45) is 0. The summed E-state index contributed by atoms with van der Waals surface area (Å²) in [5.74, 6) is -1.10. The van der Waals surface area contributed by atoms with Gasteiger partial charge in [-0.3, -0.25) is 15.6 Å². The Labute approximate surface area is 167 Å². The van der Waals surface area contributed by atoms with Gasteiger partial charge in [-0.05, 0) is 61.5 Å². The van der Waals surface area contributed by atoms with Crippen molar-refractivity contribution in [3.8, 4) is 0 Å². The number of aryl methyl sites for hydroxylation is 1. The maximum Gasteiger partial charge on any atom is 0.271 e. The molecule has 3 aromatic carbocycles. The largest absolute Gasteiger partial charge is 0.298 e. The molecule has 0 radical (unpaired) electrons. The second-order valence-electron chi connectivity index (χ2n) is 6.04. The van der Waals surface area contributed by atoms with Gasteiger partial charge in [0, 0.05) is 0 Å². The molecular formula is C20H16ClFN2O3S. The highest BCUT2D eigenvalue weighted by Gasteiger charge is 2.17. The Morgan fingerprint density at radius 1 is 0.929 bits per heavy atom. The van der Waals surface area contributed by atoms with Crippen LogP contribution in [0.5, 0.6) is 0 Å². The van der Waals surface area contributed by atoms with Crippen LogP contribution in [-0.4, -0.2) is 14.3 Å².